The topological polar surface area (TPSA) is 29.5 Å². The van der Waals surface area contributed by atoms with Crippen molar-refractivity contribution < 1.29 is 9.53 Å². The molecule has 3 atom stereocenters. The van der Waals surface area contributed by atoms with Gasteiger partial charge in [-0.15, -0.1) is 0 Å². The highest BCUT2D eigenvalue weighted by atomic mass is 16.6. The Hall–Kier alpha value is -1.35. The molecule has 1 aromatic rings. The summed E-state index contributed by atoms with van der Waals surface area (Å²) in [5, 5.41) is 0. The van der Waals surface area contributed by atoms with E-state index in [-0.39, 0.29) is 5.97 Å². The van der Waals surface area contributed by atoms with Gasteiger partial charge in [0.2, 0.25) is 0 Å². The molecule has 0 spiro atoms. The minimum absolute atomic E-state index is 0.0559. The van der Waals surface area contributed by atoms with Gasteiger partial charge in [0, 0.05) is 19.1 Å². The Morgan fingerprint density at radius 3 is 2.48 bits per heavy atom. The third kappa shape index (κ3) is 3.95. The Labute approximate surface area is 141 Å². The molecule has 0 radical (unpaired) electrons. The number of benzene rings is 1. The first-order valence-electron chi connectivity index (χ1n) is 8.70. The number of ether oxygens (including phenoxy) is 1. The minimum atomic E-state index is -0.434. The quantitative estimate of drug-likeness (QED) is 0.769. The van der Waals surface area contributed by atoms with E-state index in [2.05, 4.69) is 49.9 Å². The minimum Gasteiger partial charge on any atom is -0.460 e. The second-order valence-corrected chi connectivity index (χ2v) is 8.04. The van der Waals surface area contributed by atoms with Crippen molar-refractivity contribution in [2.24, 2.45) is 11.3 Å². The molecule has 0 amide bonds. The van der Waals surface area contributed by atoms with Crippen LogP contribution in [-0.2, 0) is 9.53 Å². The lowest BCUT2D eigenvalue weighted by Crippen LogP contribution is -2.41. The van der Waals surface area contributed by atoms with Crippen LogP contribution in [0.25, 0.3) is 0 Å². The average Bonchev–Trinajstić information content (AvgIpc) is 2.84. The molecule has 1 heterocycles. The Morgan fingerprint density at radius 2 is 1.96 bits per heavy atom. The molecule has 0 N–H and O–H groups in total. The molecule has 0 aliphatic carbocycles. The van der Waals surface area contributed by atoms with Crippen molar-refractivity contribution in [2.75, 3.05) is 13.1 Å². The molecule has 128 valence electrons. The first kappa shape index (κ1) is 18.0. The summed E-state index contributed by atoms with van der Waals surface area (Å²) in [4.78, 5) is 15.2. The van der Waals surface area contributed by atoms with Crippen LogP contribution in [0.1, 0.15) is 59.6 Å². The fourth-order valence-electron chi connectivity index (χ4n) is 3.54. The van der Waals surface area contributed by atoms with Crippen LogP contribution in [0.5, 0.6) is 0 Å². The van der Waals surface area contributed by atoms with E-state index in [1.165, 1.54) is 5.56 Å². The Bertz CT molecular complexity index is 534. The second-order valence-electron chi connectivity index (χ2n) is 8.04. The average molecular weight is 317 g/mol. The molecule has 1 aromatic carbocycles. The molecule has 0 saturated carbocycles. The summed E-state index contributed by atoms with van der Waals surface area (Å²) in [6.07, 6.45) is 0.994. The fraction of sp³-hybridized carbons (Fsp3) is 0.650. The summed E-state index contributed by atoms with van der Waals surface area (Å²) < 4.78 is 5.72. The zero-order valence-electron chi connectivity index (χ0n) is 15.4. The van der Waals surface area contributed by atoms with Crippen molar-refractivity contribution in [2.45, 2.75) is 59.6 Å². The zero-order valence-corrected chi connectivity index (χ0v) is 15.4. The molecule has 23 heavy (non-hydrogen) atoms. The number of hydrogen-bond donors (Lipinski definition) is 0. The van der Waals surface area contributed by atoms with Crippen LogP contribution in [0.3, 0.4) is 0 Å². The van der Waals surface area contributed by atoms with Crippen molar-refractivity contribution in [3.05, 3.63) is 35.9 Å². The van der Waals surface area contributed by atoms with Crippen molar-refractivity contribution >= 4 is 5.97 Å². The van der Waals surface area contributed by atoms with Crippen molar-refractivity contribution in [1.29, 1.82) is 0 Å². The second kappa shape index (κ2) is 6.64. The number of likely N-dealkylation sites (tertiary alicyclic amines) is 1. The summed E-state index contributed by atoms with van der Waals surface area (Å²) >= 11 is 0. The first-order chi connectivity index (χ1) is 10.7. The molecular formula is C20H31NO2. The molecule has 0 bridgehead atoms. The number of carbonyl (C=O) groups is 1. The van der Waals surface area contributed by atoms with E-state index in [1.807, 2.05) is 26.8 Å². The highest BCUT2D eigenvalue weighted by Crippen LogP contribution is 2.42. The van der Waals surface area contributed by atoms with Crippen LogP contribution in [0.2, 0.25) is 0 Å². The predicted octanol–water partition coefficient (Wildman–Crippen LogP) is 4.44. The largest absolute Gasteiger partial charge is 0.460 e. The highest BCUT2D eigenvalue weighted by molar-refractivity contribution is 5.78. The third-order valence-electron chi connectivity index (χ3n) is 5.08. The van der Waals surface area contributed by atoms with E-state index in [0.29, 0.717) is 12.0 Å². The number of carbonyl (C=O) groups excluding carboxylic acids is 1. The molecule has 1 aliphatic heterocycles. The number of nitrogens with zero attached hydrogens (tertiary/aromatic N) is 1. The van der Waals surface area contributed by atoms with Gasteiger partial charge in [0.05, 0.1) is 5.41 Å². The summed E-state index contributed by atoms with van der Waals surface area (Å²) in [5.74, 6) is 0.281. The van der Waals surface area contributed by atoms with Gasteiger partial charge in [0.15, 0.2) is 0 Å². The smallest absolute Gasteiger partial charge is 0.313 e. The third-order valence-corrected chi connectivity index (χ3v) is 5.08. The standard InChI is InChI=1S/C20H31NO2/c1-7-17-13-21(15(2)16-11-9-8-10-12-16)14-20(17,6)18(22)23-19(3,4)5/h8-12,15,17H,7,13-14H2,1-6H3/t15-,17?,20-/m1/s1. The lowest BCUT2D eigenvalue weighted by Gasteiger charge is -2.32. The predicted molar refractivity (Wildman–Crippen MR) is 94.2 cm³/mol. The SMILES string of the molecule is CCC1CN([C@H](C)c2ccccc2)C[C@@]1(C)C(=O)OC(C)(C)C. The van der Waals surface area contributed by atoms with Gasteiger partial charge >= 0.3 is 5.97 Å². The molecule has 1 fully saturated rings. The zero-order chi connectivity index (χ0) is 17.3. The van der Waals surface area contributed by atoms with Crippen molar-refractivity contribution in [3.63, 3.8) is 0 Å². The van der Waals surface area contributed by atoms with E-state index in [4.69, 9.17) is 4.74 Å². The van der Waals surface area contributed by atoms with Crippen LogP contribution in [0.4, 0.5) is 0 Å². The number of hydrogen-bond acceptors (Lipinski definition) is 3. The fourth-order valence-corrected chi connectivity index (χ4v) is 3.54. The van der Waals surface area contributed by atoms with Crippen molar-refractivity contribution in [3.8, 4) is 0 Å². The first-order valence-corrected chi connectivity index (χ1v) is 8.70. The van der Waals surface area contributed by atoms with Crippen LogP contribution < -0.4 is 0 Å². The van der Waals surface area contributed by atoms with E-state index < -0.39 is 11.0 Å². The van der Waals surface area contributed by atoms with Crippen LogP contribution in [0.15, 0.2) is 30.3 Å². The Kier molecular flexibility index (Phi) is 5.20. The molecule has 3 heteroatoms. The maximum absolute atomic E-state index is 12.8. The molecule has 1 unspecified atom stereocenters. The normalized spacial score (nSPS) is 27.0. The van der Waals surface area contributed by atoms with E-state index in [0.717, 1.165) is 19.5 Å². The number of rotatable bonds is 4. The highest BCUT2D eigenvalue weighted by Gasteiger charge is 2.50. The van der Waals surface area contributed by atoms with Gasteiger partial charge < -0.3 is 4.74 Å². The lowest BCUT2D eigenvalue weighted by atomic mass is 9.78. The molecule has 3 nitrogen and oxygen atoms in total. The van der Waals surface area contributed by atoms with Gasteiger partial charge in [-0.25, -0.2) is 0 Å². The van der Waals surface area contributed by atoms with Gasteiger partial charge in [-0.1, -0.05) is 43.7 Å². The molecule has 1 saturated heterocycles. The molecular weight excluding hydrogens is 286 g/mol. The van der Waals surface area contributed by atoms with Crippen LogP contribution >= 0.6 is 0 Å². The summed E-state index contributed by atoms with van der Waals surface area (Å²) in [6.45, 7) is 14.0. The summed E-state index contributed by atoms with van der Waals surface area (Å²) in [7, 11) is 0. The lowest BCUT2D eigenvalue weighted by molar-refractivity contribution is -0.168. The van der Waals surface area contributed by atoms with Gasteiger partial charge in [-0.05, 0) is 46.1 Å². The monoisotopic (exact) mass is 317 g/mol. The van der Waals surface area contributed by atoms with Crippen molar-refractivity contribution in [1.82, 2.24) is 4.90 Å². The molecule has 1 aliphatic rings. The van der Waals surface area contributed by atoms with E-state index in [9.17, 15) is 4.79 Å². The van der Waals surface area contributed by atoms with E-state index in [1.54, 1.807) is 0 Å². The van der Waals surface area contributed by atoms with Gasteiger partial charge in [-0.3, -0.25) is 9.69 Å². The van der Waals surface area contributed by atoms with Crippen LogP contribution in [0, 0.1) is 11.3 Å². The van der Waals surface area contributed by atoms with E-state index >= 15 is 0 Å². The van der Waals surface area contributed by atoms with Gasteiger partial charge in [-0.2, -0.15) is 0 Å². The maximum atomic E-state index is 12.8. The molecule has 2 rings (SSSR count). The van der Waals surface area contributed by atoms with Gasteiger partial charge in [0.1, 0.15) is 5.60 Å². The van der Waals surface area contributed by atoms with Crippen LogP contribution in [-0.4, -0.2) is 29.6 Å². The van der Waals surface area contributed by atoms with Gasteiger partial charge in [0.25, 0.3) is 0 Å². The Morgan fingerprint density at radius 1 is 1.35 bits per heavy atom. The number of esters is 1. The molecule has 0 aromatic heterocycles. The Balaban J connectivity index is 2.18. The maximum Gasteiger partial charge on any atom is 0.313 e. The summed E-state index contributed by atoms with van der Waals surface area (Å²) in [6, 6.07) is 10.8. The summed E-state index contributed by atoms with van der Waals surface area (Å²) in [5.41, 5.74) is 0.442.